The molecule has 0 aromatic heterocycles. The van der Waals surface area contributed by atoms with Gasteiger partial charge in [0, 0.05) is 5.92 Å². The summed E-state index contributed by atoms with van der Waals surface area (Å²) in [5.74, 6) is 4.82. The summed E-state index contributed by atoms with van der Waals surface area (Å²) in [7, 11) is 0. The maximum Gasteiger partial charge on any atom is 0.0123 e. The van der Waals surface area contributed by atoms with Gasteiger partial charge in [-0.25, -0.2) is 0 Å². The van der Waals surface area contributed by atoms with Crippen LogP contribution in [0.1, 0.15) is 64.7 Å². The third-order valence-corrected chi connectivity index (χ3v) is 7.72. The van der Waals surface area contributed by atoms with Crippen molar-refractivity contribution in [1.29, 1.82) is 0 Å². The highest BCUT2D eigenvalue weighted by molar-refractivity contribution is 5.60. The Morgan fingerprint density at radius 3 is 2.75 bits per heavy atom. The maximum absolute atomic E-state index is 2.76. The van der Waals surface area contributed by atoms with E-state index in [2.05, 4.69) is 19.1 Å². The molecule has 0 heteroatoms. The molecule has 0 aliphatic heterocycles. The largest absolute Gasteiger partial charge is 0.0801 e. The van der Waals surface area contributed by atoms with E-state index in [1.165, 1.54) is 32.1 Å². The molecule has 0 radical (unpaired) electrons. The van der Waals surface area contributed by atoms with Crippen molar-refractivity contribution in [2.24, 2.45) is 35.0 Å². The summed E-state index contributed by atoms with van der Waals surface area (Å²) in [6, 6.07) is 0. The van der Waals surface area contributed by atoms with Gasteiger partial charge in [0.05, 0.1) is 0 Å². The molecule has 0 aromatic carbocycles. The van der Waals surface area contributed by atoms with Gasteiger partial charge in [-0.15, -0.1) is 0 Å². The number of rotatable bonds is 1. The fraction of sp³-hybridized carbons (Fsp3) is 0.800. The second-order valence-electron chi connectivity index (χ2n) is 8.75. The first kappa shape index (κ1) is 12.1. The lowest BCUT2D eigenvalue weighted by Crippen LogP contribution is -2.37. The minimum absolute atomic E-state index is 0.818. The summed E-state index contributed by atoms with van der Waals surface area (Å²) in [6.45, 7) is 2.55. The summed E-state index contributed by atoms with van der Waals surface area (Å²) in [4.78, 5) is 0. The Bertz CT molecular complexity index is 490. The van der Waals surface area contributed by atoms with E-state index in [1.807, 2.05) is 0 Å². The Balaban J connectivity index is 1.40. The third kappa shape index (κ3) is 1.60. The number of hydrogen-bond acceptors (Lipinski definition) is 0. The second-order valence-corrected chi connectivity index (χ2v) is 8.75. The number of allylic oxidation sites excluding steroid dienone is 4. The molecule has 20 heavy (non-hydrogen) atoms. The predicted molar refractivity (Wildman–Crippen MR) is 83.3 cm³/mol. The molecule has 0 amide bonds. The molecule has 0 N–H and O–H groups in total. The van der Waals surface area contributed by atoms with Crippen LogP contribution in [0.3, 0.4) is 0 Å². The molecule has 0 heterocycles. The van der Waals surface area contributed by atoms with Gasteiger partial charge in [0.1, 0.15) is 0 Å². The monoisotopic (exact) mass is 268 g/mol. The lowest BCUT2D eigenvalue weighted by molar-refractivity contribution is 0.0300. The van der Waals surface area contributed by atoms with Crippen LogP contribution in [-0.2, 0) is 0 Å². The highest BCUT2D eigenvalue weighted by atomic mass is 14.6. The summed E-state index contributed by atoms with van der Waals surface area (Å²) in [6.07, 6.45) is 19.0. The molecule has 0 aromatic rings. The highest BCUT2D eigenvalue weighted by Crippen LogP contribution is 2.63. The van der Waals surface area contributed by atoms with Gasteiger partial charge in [-0.05, 0) is 85.2 Å². The lowest BCUT2D eigenvalue weighted by atomic mass is 9.56. The summed E-state index contributed by atoms with van der Waals surface area (Å²) in [5, 5.41) is 0. The Hall–Kier alpha value is -0.520. The van der Waals surface area contributed by atoms with Crippen LogP contribution in [0.2, 0.25) is 0 Å². The first-order chi connectivity index (χ1) is 9.76. The van der Waals surface area contributed by atoms with Crippen molar-refractivity contribution in [2.45, 2.75) is 64.7 Å². The van der Waals surface area contributed by atoms with E-state index in [1.54, 1.807) is 36.8 Å². The van der Waals surface area contributed by atoms with Crippen molar-refractivity contribution in [1.82, 2.24) is 0 Å². The average Bonchev–Trinajstić information content (AvgIpc) is 2.93. The van der Waals surface area contributed by atoms with Crippen molar-refractivity contribution in [3.63, 3.8) is 0 Å². The van der Waals surface area contributed by atoms with Gasteiger partial charge in [-0.1, -0.05) is 31.9 Å². The van der Waals surface area contributed by atoms with Gasteiger partial charge >= 0.3 is 0 Å². The molecule has 1 spiro atoms. The first-order valence-electron chi connectivity index (χ1n) is 9.18. The van der Waals surface area contributed by atoms with E-state index >= 15 is 0 Å². The Labute approximate surface area is 123 Å². The van der Waals surface area contributed by atoms with Gasteiger partial charge in [-0.3, -0.25) is 0 Å². The van der Waals surface area contributed by atoms with Crippen LogP contribution < -0.4 is 0 Å². The van der Waals surface area contributed by atoms with Gasteiger partial charge in [0.15, 0.2) is 0 Å². The fourth-order valence-corrected chi connectivity index (χ4v) is 6.37. The molecule has 3 saturated carbocycles. The molecule has 5 aliphatic carbocycles. The van der Waals surface area contributed by atoms with Crippen molar-refractivity contribution >= 4 is 0 Å². The summed E-state index contributed by atoms with van der Waals surface area (Å²) < 4.78 is 0. The van der Waals surface area contributed by atoms with Crippen molar-refractivity contribution in [2.75, 3.05) is 0 Å². The van der Waals surface area contributed by atoms with Crippen molar-refractivity contribution < 1.29 is 0 Å². The lowest BCUT2D eigenvalue weighted by Gasteiger charge is -2.49. The highest BCUT2D eigenvalue weighted by Gasteiger charge is 2.52. The Morgan fingerprint density at radius 1 is 1.10 bits per heavy atom. The van der Waals surface area contributed by atoms with Crippen LogP contribution in [0.5, 0.6) is 0 Å². The van der Waals surface area contributed by atoms with Crippen LogP contribution in [-0.4, -0.2) is 0 Å². The van der Waals surface area contributed by atoms with Crippen LogP contribution in [0.15, 0.2) is 23.3 Å². The normalized spacial score (nSPS) is 48.0. The topological polar surface area (TPSA) is 0 Å². The molecule has 5 aliphatic rings. The summed E-state index contributed by atoms with van der Waals surface area (Å²) >= 11 is 0. The number of fused-ring (bicyclic) bond motifs is 1. The standard InChI is InChI=1S/C20H28/c1-13-10-15(11-18-17-6-5-16(13)19(17)18)14-4-2-7-20(12-14)8-3-9-20/h6,11,13-16,19H,2-5,7-10,12H2,1H3. The van der Waals surface area contributed by atoms with Gasteiger partial charge in [0.25, 0.3) is 0 Å². The molecular weight excluding hydrogens is 240 g/mol. The molecule has 5 rings (SSSR count). The molecule has 5 unspecified atom stereocenters. The zero-order valence-electron chi connectivity index (χ0n) is 12.9. The van der Waals surface area contributed by atoms with E-state index in [4.69, 9.17) is 0 Å². The van der Waals surface area contributed by atoms with E-state index in [9.17, 15) is 0 Å². The summed E-state index contributed by atoms with van der Waals surface area (Å²) in [5.41, 5.74) is 4.38. The Kier molecular flexibility index (Phi) is 2.43. The maximum atomic E-state index is 2.76. The molecular formula is C20H28. The molecule has 0 saturated heterocycles. The van der Waals surface area contributed by atoms with Crippen LogP contribution in [0.4, 0.5) is 0 Å². The predicted octanol–water partition coefficient (Wildman–Crippen LogP) is 5.51. The fourth-order valence-electron chi connectivity index (χ4n) is 6.37. The van der Waals surface area contributed by atoms with Gasteiger partial charge in [0.2, 0.25) is 0 Å². The molecule has 3 fully saturated rings. The molecule has 0 nitrogen and oxygen atoms in total. The van der Waals surface area contributed by atoms with Crippen molar-refractivity contribution in [3.8, 4) is 0 Å². The molecule has 108 valence electrons. The Morgan fingerprint density at radius 2 is 1.95 bits per heavy atom. The minimum atomic E-state index is 0.818. The van der Waals surface area contributed by atoms with Crippen LogP contribution in [0, 0.1) is 35.0 Å². The van der Waals surface area contributed by atoms with Gasteiger partial charge in [-0.2, -0.15) is 0 Å². The quantitative estimate of drug-likeness (QED) is 0.588. The molecule has 0 bridgehead atoms. The third-order valence-electron chi connectivity index (χ3n) is 7.72. The number of hydrogen-bond donors (Lipinski definition) is 0. The SMILES string of the molecule is CC1CC(C2CCCC3(CCC3)C2)C=C2C3=CCC1C32. The second kappa shape index (κ2) is 4.02. The van der Waals surface area contributed by atoms with E-state index in [0.29, 0.717) is 0 Å². The zero-order valence-corrected chi connectivity index (χ0v) is 12.9. The van der Waals surface area contributed by atoms with Crippen molar-refractivity contribution in [3.05, 3.63) is 23.3 Å². The average molecular weight is 268 g/mol. The minimum Gasteiger partial charge on any atom is -0.0801 e. The first-order valence-corrected chi connectivity index (χ1v) is 9.18. The van der Waals surface area contributed by atoms with E-state index in [-0.39, 0.29) is 0 Å². The van der Waals surface area contributed by atoms with E-state index < -0.39 is 0 Å². The van der Waals surface area contributed by atoms with Crippen LogP contribution >= 0.6 is 0 Å². The van der Waals surface area contributed by atoms with Crippen LogP contribution in [0.25, 0.3) is 0 Å². The zero-order chi connectivity index (χ0) is 13.3. The van der Waals surface area contributed by atoms with Gasteiger partial charge < -0.3 is 0 Å². The van der Waals surface area contributed by atoms with E-state index in [0.717, 1.165) is 35.0 Å². The smallest absolute Gasteiger partial charge is 0.0123 e. The molecule has 5 atom stereocenters.